The molecule has 12 nitrogen and oxygen atoms in total. The van der Waals surface area contributed by atoms with Gasteiger partial charge in [-0.25, -0.2) is 13.6 Å². The van der Waals surface area contributed by atoms with Gasteiger partial charge in [0.05, 0.1) is 11.3 Å². The first-order valence-electron chi connectivity index (χ1n) is 12.5. The normalized spacial score (nSPS) is 19.5. The molecule has 240 valence electrons. The molecule has 18 heteroatoms. The summed E-state index contributed by atoms with van der Waals surface area (Å²) < 4.78 is 140. The lowest BCUT2D eigenvalue weighted by molar-refractivity contribution is -0.120. The monoisotopic (exact) mass is 683 g/mol. The zero-order valence-electron chi connectivity index (χ0n) is 22.7. The van der Waals surface area contributed by atoms with Crippen molar-refractivity contribution in [2.24, 2.45) is 5.92 Å². The number of hydrogen-bond donors (Lipinski definition) is 3. The van der Waals surface area contributed by atoms with Crippen molar-refractivity contribution in [2.75, 3.05) is 0 Å². The fraction of sp³-hybridized carbons (Fsp3) is 0.107. The van der Waals surface area contributed by atoms with Crippen LogP contribution in [0.1, 0.15) is 22.8 Å². The number of nitrogens with one attached hydrogen (secondary N) is 1. The quantitative estimate of drug-likeness (QED) is 0.0946. The van der Waals surface area contributed by atoms with Crippen molar-refractivity contribution >= 4 is 44.0 Å². The molecule has 3 aliphatic rings. The third kappa shape index (κ3) is 5.55. The Bertz CT molecular complexity index is 2120. The highest BCUT2D eigenvalue weighted by molar-refractivity contribution is 7.91. The molecule has 1 heterocycles. The summed E-state index contributed by atoms with van der Waals surface area (Å²) in [6.45, 7) is 1.20. The molecule has 0 aromatic heterocycles. The number of hydrogen-bond acceptors (Lipinski definition) is 10. The van der Waals surface area contributed by atoms with E-state index >= 15 is 0 Å². The number of allylic oxidation sites excluding steroid dienone is 5. The van der Waals surface area contributed by atoms with Crippen molar-refractivity contribution in [3.63, 3.8) is 0 Å². The van der Waals surface area contributed by atoms with Crippen molar-refractivity contribution < 1.29 is 67.3 Å². The molecule has 2 unspecified atom stereocenters. The Labute approximate surface area is 256 Å². The first-order valence-corrected chi connectivity index (χ1v) is 15.4. The molecular formula is C28H17F4NO11S2. The standard InChI is InChI=1S/C28H17F4NO11S2/c1-11-2-4-14-20(15-6-7-18(33)27(46(39,40)41)24(15)43-23(14)26(11)45(36,37)38)13-5-3-12(8-19(13)42-10-34)28(35)44-25-21(31)16(29)9-17(30)22(25)32/h2-10,14,23,33H,1H3,(H,36,37,38)(H,39,40,41). The number of benzene rings is 2. The first-order chi connectivity index (χ1) is 21.4. The van der Waals surface area contributed by atoms with E-state index in [9.17, 15) is 53.1 Å². The Morgan fingerprint density at radius 1 is 0.978 bits per heavy atom. The maximum absolute atomic E-state index is 14.1. The van der Waals surface area contributed by atoms with Crippen LogP contribution in [0.15, 0.2) is 75.3 Å². The lowest BCUT2D eigenvalue weighted by Gasteiger charge is -2.39. The minimum absolute atomic E-state index is 0.0160. The second-order valence-corrected chi connectivity index (χ2v) is 12.5. The predicted octanol–water partition coefficient (Wildman–Crippen LogP) is 4.19. The minimum atomic E-state index is -5.20. The van der Waals surface area contributed by atoms with Gasteiger partial charge in [-0.1, -0.05) is 18.2 Å². The number of halogens is 4. The summed E-state index contributed by atoms with van der Waals surface area (Å²) in [4.78, 5) is 22.5. The van der Waals surface area contributed by atoms with E-state index in [-0.39, 0.29) is 34.8 Å². The van der Waals surface area contributed by atoms with Crippen LogP contribution in [-0.2, 0) is 29.8 Å². The van der Waals surface area contributed by atoms with Crippen molar-refractivity contribution in [1.82, 2.24) is 0 Å². The number of carbonyl (C=O) groups excluding carboxylic acids is 2. The van der Waals surface area contributed by atoms with E-state index in [1.807, 2.05) is 0 Å². The maximum atomic E-state index is 14.1. The van der Waals surface area contributed by atoms with E-state index < -0.39 is 99.8 Å². The largest absolute Gasteiger partial charge is 0.482 e. The van der Waals surface area contributed by atoms with Gasteiger partial charge < -0.3 is 14.2 Å². The number of ether oxygens (including phenoxy) is 3. The average Bonchev–Trinajstić information content (AvgIpc) is 2.95. The molecule has 0 saturated carbocycles. The van der Waals surface area contributed by atoms with Gasteiger partial charge in [-0.3, -0.25) is 19.3 Å². The SMILES string of the molecule is CC1=C(S(=O)(=O)O)C2OC3=C(S(=O)(=O)O)C(=N)C=CC3=C(c3ccc(C(=O)Oc4c(F)c(F)cc(F)c4F)cc3OC=O)C2C=C1. The van der Waals surface area contributed by atoms with Crippen LogP contribution in [0.2, 0.25) is 0 Å². The highest BCUT2D eigenvalue weighted by Crippen LogP contribution is 2.50. The molecule has 2 atom stereocenters. The molecule has 0 bridgehead atoms. The van der Waals surface area contributed by atoms with Gasteiger partial charge >= 0.3 is 5.97 Å². The van der Waals surface area contributed by atoms with Gasteiger partial charge in [0, 0.05) is 23.1 Å². The highest BCUT2D eigenvalue weighted by atomic mass is 32.2. The van der Waals surface area contributed by atoms with Crippen molar-refractivity contribution in [1.29, 1.82) is 5.41 Å². The molecule has 2 aliphatic carbocycles. The lowest BCUT2D eigenvalue weighted by Crippen LogP contribution is -2.37. The van der Waals surface area contributed by atoms with Crippen LogP contribution in [0.3, 0.4) is 0 Å². The van der Waals surface area contributed by atoms with Crippen molar-refractivity contribution in [3.05, 3.63) is 110 Å². The molecule has 2 aromatic carbocycles. The van der Waals surface area contributed by atoms with Crippen LogP contribution in [0, 0.1) is 34.6 Å². The van der Waals surface area contributed by atoms with E-state index in [4.69, 9.17) is 14.9 Å². The third-order valence-electron chi connectivity index (χ3n) is 6.99. The van der Waals surface area contributed by atoms with Crippen LogP contribution in [0.25, 0.3) is 5.57 Å². The summed E-state index contributed by atoms with van der Waals surface area (Å²) in [5, 5.41) is 8.07. The van der Waals surface area contributed by atoms with E-state index in [1.165, 1.54) is 25.2 Å². The number of fused-ring (bicyclic) bond motifs is 2. The summed E-state index contributed by atoms with van der Waals surface area (Å²) in [5.74, 6) is -13.4. The Kier molecular flexibility index (Phi) is 8.10. The fourth-order valence-electron chi connectivity index (χ4n) is 5.14. The molecule has 0 fully saturated rings. The molecular weight excluding hydrogens is 666 g/mol. The van der Waals surface area contributed by atoms with Crippen LogP contribution in [0.4, 0.5) is 17.6 Å². The zero-order chi connectivity index (χ0) is 33.9. The Hall–Kier alpha value is -4.91. The van der Waals surface area contributed by atoms with Gasteiger partial charge in [0.15, 0.2) is 22.3 Å². The van der Waals surface area contributed by atoms with Crippen LogP contribution in [-0.4, -0.2) is 50.2 Å². The molecule has 3 N–H and O–H groups in total. The maximum Gasteiger partial charge on any atom is 0.343 e. The molecule has 0 saturated heterocycles. The molecule has 0 radical (unpaired) electrons. The van der Waals surface area contributed by atoms with Gasteiger partial charge in [-0.2, -0.15) is 25.6 Å². The minimum Gasteiger partial charge on any atom is -0.482 e. The number of rotatable bonds is 7. The van der Waals surface area contributed by atoms with Crippen LogP contribution >= 0.6 is 0 Å². The van der Waals surface area contributed by atoms with E-state index in [2.05, 4.69) is 4.74 Å². The van der Waals surface area contributed by atoms with Crippen molar-refractivity contribution in [2.45, 2.75) is 13.0 Å². The summed E-state index contributed by atoms with van der Waals surface area (Å²) in [5.41, 5.74) is -1.71. The third-order valence-corrected chi connectivity index (χ3v) is 9.02. The molecule has 2 aromatic rings. The first kappa shape index (κ1) is 32.5. The predicted molar refractivity (Wildman–Crippen MR) is 148 cm³/mol. The van der Waals surface area contributed by atoms with Gasteiger partial charge in [-0.05, 0) is 42.4 Å². The second-order valence-electron chi connectivity index (χ2n) is 9.77. The van der Waals surface area contributed by atoms with Crippen LogP contribution in [0.5, 0.6) is 11.5 Å². The number of carbonyl (C=O) groups is 2. The summed E-state index contributed by atoms with van der Waals surface area (Å²) in [6.07, 6.45) is 3.16. The molecule has 46 heavy (non-hydrogen) atoms. The lowest BCUT2D eigenvalue weighted by atomic mass is 9.77. The van der Waals surface area contributed by atoms with Gasteiger partial charge in [0.1, 0.15) is 16.8 Å². The van der Waals surface area contributed by atoms with Gasteiger partial charge in [-0.15, -0.1) is 0 Å². The molecule has 0 amide bonds. The van der Waals surface area contributed by atoms with Gasteiger partial charge in [0.25, 0.3) is 26.7 Å². The molecule has 5 rings (SSSR count). The zero-order valence-corrected chi connectivity index (χ0v) is 24.4. The summed E-state index contributed by atoms with van der Waals surface area (Å²) in [6, 6.07) is 2.74. The van der Waals surface area contributed by atoms with E-state index in [1.54, 1.807) is 0 Å². The molecule has 0 spiro atoms. The smallest absolute Gasteiger partial charge is 0.343 e. The fourth-order valence-corrected chi connectivity index (χ4v) is 6.84. The summed E-state index contributed by atoms with van der Waals surface area (Å²) in [7, 11) is -10.2. The summed E-state index contributed by atoms with van der Waals surface area (Å²) >= 11 is 0. The van der Waals surface area contributed by atoms with Crippen molar-refractivity contribution in [3.8, 4) is 11.5 Å². The Morgan fingerprint density at radius 3 is 2.22 bits per heavy atom. The molecule has 1 aliphatic heterocycles. The Balaban J connectivity index is 1.73. The van der Waals surface area contributed by atoms with E-state index in [0.717, 1.165) is 24.3 Å². The highest BCUT2D eigenvalue weighted by Gasteiger charge is 2.46. The number of esters is 1. The van der Waals surface area contributed by atoms with Crippen LogP contribution < -0.4 is 9.47 Å². The van der Waals surface area contributed by atoms with Gasteiger partial charge in [0.2, 0.25) is 17.4 Å². The Morgan fingerprint density at radius 2 is 1.63 bits per heavy atom. The topological polar surface area (TPSA) is 194 Å². The van der Waals surface area contributed by atoms with E-state index in [0.29, 0.717) is 0 Å². The average molecular weight is 684 g/mol. The second kappa shape index (κ2) is 11.5.